The number of carboxylic acid groups (broad SMARTS) is 1. The highest BCUT2D eigenvalue weighted by Gasteiger charge is 2.60. The van der Waals surface area contributed by atoms with Crippen molar-refractivity contribution in [1.29, 1.82) is 0 Å². The van der Waals surface area contributed by atoms with Gasteiger partial charge in [-0.15, -0.1) is 0 Å². The number of Topliss-reactive ketones (excluding diaryl/α,β-unsaturated/α-hetero) is 1. The largest absolute Gasteiger partial charge is 0.475 e. The summed E-state index contributed by atoms with van der Waals surface area (Å²) < 4.78 is 118. The molecule has 1 fully saturated rings. The Hall–Kier alpha value is -3.04. The molecule has 1 aromatic carbocycles. The molecule has 0 atom stereocenters. The number of aliphatic carboxylic acids is 1. The van der Waals surface area contributed by atoms with E-state index in [9.17, 15) is 53.9 Å². The number of amides is 1. The van der Waals surface area contributed by atoms with Crippen LogP contribution in [0.5, 0.6) is 0 Å². The number of piperazine rings is 1. The predicted molar refractivity (Wildman–Crippen MR) is 92.6 cm³/mol. The monoisotopic (exact) mass is 510 g/mol. The van der Waals surface area contributed by atoms with Crippen LogP contribution in [-0.4, -0.2) is 77.4 Å². The quantitative estimate of drug-likeness (QED) is 0.369. The second-order valence-corrected chi connectivity index (χ2v) is 7.11. The Labute approximate surface area is 184 Å². The van der Waals surface area contributed by atoms with Crippen LogP contribution < -0.4 is 0 Å². The van der Waals surface area contributed by atoms with E-state index in [1.165, 1.54) is 4.90 Å². The summed E-state index contributed by atoms with van der Waals surface area (Å²) >= 11 is 0. The molecule has 0 spiro atoms. The molecule has 34 heavy (non-hydrogen) atoms. The molecular formula is C18H15F9N2O5. The zero-order valence-electron chi connectivity index (χ0n) is 16.7. The number of hydrogen-bond acceptors (Lipinski definition) is 5. The zero-order valence-corrected chi connectivity index (χ0v) is 16.7. The maximum Gasteiger partial charge on any atom is 0.434 e. The fraction of sp³-hybridized carbons (Fsp3) is 0.500. The molecular weight excluding hydrogens is 495 g/mol. The molecule has 1 amide bonds. The standard InChI is InChI=1S/C18H15F9N2O5/c19-16(20,21)10-2-1-9(11(7-10)12(30)13(31)32)8-28-3-5-29(6-4-28)15(33)34-14(17(22,23)24)18(25,26)27/h1-2,7,14H,3-6,8H2,(H,31,32). The van der Waals surface area contributed by atoms with E-state index in [0.29, 0.717) is 17.0 Å². The van der Waals surface area contributed by atoms with Crippen molar-refractivity contribution in [3.05, 3.63) is 34.9 Å². The van der Waals surface area contributed by atoms with Crippen LogP contribution in [0.3, 0.4) is 0 Å². The van der Waals surface area contributed by atoms with Gasteiger partial charge in [0.15, 0.2) is 0 Å². The van der Waals surface area contributed by atoms with Crippen molar-refractivity contribution in [2.24, 2.45) is 0 Å². The van der Waals surface area contributed by atoms with Gasteiger partial charge in [0.2, 0.25) is 0 Å². The first-order valence-electron chi connectivity index (χ1n) is 9.20. The highest BCUT2D eigenvalue weighted by atomic mass is 19.4. The minimum atomic E-state index is -5.88. The van der Waals surface area contributed by atoms with Crippen LogP contribution in [0.2, 0.25) is 0 Å². The fourth-order valence-electron chi connectivity index (χ4n) is 3.04. The first-order chi connectivity index (χ1) is 15.4. The van der Waals surface area contributed by atoms with Crippen molar-refractivity contribution in [1.82, 2.24) is 9.80 Å². The summed E-state index contributed by atoms with van der Waals surface area (Å²) in [7, 11) is 0. The minimum absolute atomic E-state index is 0.106. The van der Waals surface area contributed by atoms with Crippen LogP contribution in [0.4, 0.5) is 44.3 Å². The molecule has 190 valence electrons. The molecule has 0 bridgehead atoms. The maximum atomic E-state index is 12.9. The molecule has 1 aliphatic heterocycles. The van der Waals surface area contributed by atoms with Gasteiger partial charge in [-0.25, -0.2) is 9.59 Å². The van der Waals surface area contributed by atoms with E-state index in [-0.39, 0.29) is 25.2 Å². The number of halogens is 9. The van der Waals surface area contributed by atoms with E-state index >= 15 is 0 Å². The third-order valence-corrected chi connectivity index (χ3v) is 4.71. The zero-order chi connectivity index (χ0) is 26.1. The SMILES string of the molecule is O=C(O)C(=O)c1cc(C(F)(F)F)ccc1CN1CCN(C(=O)OC(C(F)(F)F)C(F)(F)F)CC1. The van der Waals surface area contributed by atoms with E-state index in [4.69, 9.17) is 5.11 Å². The van der Waals surface area contributed by atoms with Crippen LogP contribution in [0.1, 0.15) is 21.5 Å². The number of rotatable bonds is 5. The highest BCUT2D eigenvalue weighted by Crippen LogP contribution is 2.36. The topological polar surface area (TPSA) is 87.2 Å². The first kappa shape index (κ1) is 27.2. The molecule has 1 aliphatic rings. The number of ether oxygens (including phenoxy) is 1. The molecule has 1 aromatic rings. The lowest BCUT2D eigenvalue weighted by molar-refractivity contribution is -0.308. The third-order valence-electron chi connectivity index (χ3n) is 4.71. The van der Waals surface area contributed by atoms with Gasteiger partial charge in [-0.05, 0) is 17.7 Å². The summed E-state index contributed by atoms with van der Waals surface area (Å²) in [6.07, 6.45) is -22.8. The number of hydrogen-bond donors (Lipinski definition) is 1. The average molecular weight is 510 g/mol. The first-order valence-corrected chi connectivity index (χ1v) is 9.20. The summed E-state index contributed by atoms with van der Waals surface area (Å²) in [5.74, 6) is -3.61. The average Bonchev–Trinajstić information content (AvgIpc) is 2.69. The lowest BCUT2D eigenvalue weighted by Gasteiger charge is -2.35. The fourth-order valence-corrected chi connectivity index (χ4v) is 3.04. The number of ketones is 1. The molecule has 1 saturated heterocycles. The summed E-state index contributed by atoms with van der Waals surface area (Å²) in [5.41, 5.74) is -2.11. The smallest absolute Gasteiger partial charge is 0.434 e. The van der Waals surface area contributed by atoms with Crippen molar-refractivity contribution in [3.8, 4) is 0 Å². The Kier molecular flexibility index (Phi) is 7.74. The molecule has 1 N–H and O–H groups in total. The third kappa shape index (κ3) is 6.74. The Morgan fingerprint density at radius 2 is 1.44 bits per heavy atom. The van der Waals surface area contributed by atoms with Crippen LogP contribution in [0.25, 0.3) is 0 Å². The van der Waals surface area contributed by atoms with E-state index in [2.05, 4.69) is 4.74 Å². The summed E-state index contributed by atoms with van der Waals surface area (Å²) in [6, 6.07) is 1.88. The number of carboxylic acids is 1. The molecule has 16 heteroatoms. The van der Waals surface area contributed by atoms with Crippen LogP contribution in [0, 0.1) is 0 Å². The maximum absolute atomic E-state index is 12.9. The molecule has 1 heterocycles. The van der Waals surface area contributed by atoms with Gasteiger partial charge >= 0.3 is 30.6 Å². The Morgan fingerprint density at radius 3 is 1.88 bits per heavy atom. The highest BCUT2D eigenvalue weighted by molar-refractivity contribution is 6.40. The normalized spacial score (nSPS) is 16.0. The van der Waals surface area contributed by atoms with Gasteiger partial charge in [0.1, 0.15) is 0 Å². The van der Waals surface area contributed by atoms with Gasteiger partial charge in [0.25, 0.3) is 11.9 Å². The molecule has 0 unspecified atom stereocenters. The van der Waals surface area contributed by atoms with Crippen molar-refractivity contribution < 1.29 is 63.7 Å². The predicted octanol–water partition coefficient (Wildman–Crippen LogP) is 3.72. The van der Waals surface area contributed by atoms with Crippen molar-refractivity contribution in [2.75, 3.05) is 26.2 Å². The summed E-state index contributed by atoms with van der Waals surface area (Å²) in [6.45, 7) is -1.41. The number of carbonyl (C=O) groups is 3. The Balaban J connectivity index is 2.10. The molecule has 0 radical (unpaired) electrons. The van der Waals surface area contributed by atoms with Crippen LogP contribution in [0.15, 0.2) is 18.2 Å². The lowest BCUT2D eigenvalue weighted by atomic mass is 9.99. The molecule has 0 aliphatic carbocycles. The van der Waals surface area contributed by atoms with Gasteiger partial charge in [-0.2, -0.15) is 39.5 Å². The van der Waals surface area contributed by atoms with Crippen molar-refractivity contribution in [3.63, 3.8) is 0 Å². The van der Waals surface area contributed by atoms with Crippen LogP contribution in [-0.2, 0) is 22.3 Å². The van der Waals surface area contributed by atoms with Crippen LogP contribution >= 0.6 is 0 Å². The van der Waals surface area contributed by atoms with Crippen molar-refractivity contribution in [2.45, 2.75) is 31.2 Å². The number of nitrogens with zero attached hydrogens (tertiary/aromatic N) is 2. The Bertz CT molecular complexity index is 921. The second kappa shape index (κ2) is 9.68. The minimum Gasteiger partial charge on any atom is -0.475 e. The number of carbonyl (C=O) groups excluding carboxylic acids is 2. The van der Waals surface area contributed by atoms with E-state index in [0.717, 1.165) is 6.07 Å². The second-order valence-electron chi connectivity index (χ2n) is 7.11. The summed E-state index contributed by atoms with van der Waals surface area (Å²) in [5, 5.41) is 8.88. The van der Waals surface area contributed by atoms with Gasteiger partial charge < -0.3 is 14.7 Å². The number of benzene rings is 1. The molecule has 0 aromatic heterocycles. The van der Waals surface area contributed by atoms with Gasteiger partial charge in [0, 0.05) is 38.3 Å². The van der Waals surface area contributed by atoms with Crippen molar-refractivity contribution >= 4 is 17.8 Å². The van der Waals surface area contributed by atoms with E-state index in [1.807, 2.05) is 0 Å². The lowest BCUT2D eigenvalue weighted by Crippen LogP contribution is -2.52. The van der Waals surface area contributed by atoms with Gasteiger partial charge in [0.05, 0.1) is 5.56 Å². The molecule has 2 rings (SSSR count). The summed E-state index contributed by atoms with van der Waals surface area (Å²) in [4.78, 5) is 36.6. The van der Waals surface area contributed by atoms with Gasteiger partial charge in [-0.1, -0.05) is 6.07 Å². The van der Waals surface area contributed by atoms with E-state index < -0.39 is 66.7 Å². The van der Waals surface area contributed by atoms with E-state index in [1.54, 1.807) is 0 Å². The number of alkyl halides is 9. The molecule has 0 saturated carbocycles. The molecule has 7 nitrogen and oxygen atoms in total. The van der Waals surface area contributed by atoms with Gasteiger partial charge in [-0.3, -0.25) is 9.69 Å². The Morgan fingerprint density at radius 1 is 0.912 bits per heavy atom.